The van der Waals surface area contributed by atoms with Gasteiger partial charge in [0.1, 0.15) is 0 Å². The van der Waals surface area contributed by atoms with E-state index in [0.29, 0.717) is 11.1 Å². The third kappa shape index (κ3) is 3.35. The first-order valence-corrected chi connectivity index (χ1v) is 8.76. The van der Waals surface area contributed by atoms with Gasteiger partial charge >= 0.3 is 0 Å². The van der Waals surface area contributed by atoms with Crippen molar-refractivity contribution in [3.05, 3.63) is 51.7 Å². The van der Waals surface area contributed by atoms with Gasteiger partial charge < -0.3 is 5.32 Å². The van der Waals surface area contributed by atoms with Crippen LogP contribution in [-0.2, 0) is 4.79 Å². The molecule has 1 aliphatic rings. The van der Waals surface area contributed by atoms with Crippen molar-refractivity contribution in [2.24, 2.45) is 0 Å². The maximum atomic E-state index is 12.5. The number of halogens is 1. The van der Waals surface area contributed by atoms with Crippen molar-refractivity contribution in [1.29, 1.82) is 0 Å². The number of carbonyl (C=O) groups excluding carboxylic acids is 1. The second kappa shape index (κ2) is 6.82. The van der Waals surface area contributed by atoms with Crippen molar-refractivity contribution in [1.82, 2.24) is 4.90 Å². The number of hydrogen-bond donors (Lipinski definition) is 1. The summed E-state index contributed by atoms with van der Waals surface area (Å²) in [5.41, 5.74) is 0.785. The number of hydrogen-bond acceptors (Lipinski definition) is 3. The van der Waals surface area contributed by atoms with Gasteiger partial charge in [-0.1, -0.05) is 17.7 Å². The van der Waals surface area contributed by atoms with Crippen LogP contribution in [0, 0.1) is 0 Å². The Hall–Kier alpha value is -1.36. The Labute approximate surface area is 139 Å². The second-order valence-corrected chi connectivity index (χ2v) is 7.00. The minimum absolute atomic E-state index is 0.0331. The van der Waals surface area contributed by atoms with Gasteiger partial charge in [-0.3, -0.25) is 9.69 Å². The number of nitrogens with zero attached hydrogens (tertiary/aromatic N) is 1. The van der Waals surface area contributed by atoms with Crippen LogP contribution in [0.3, 0.4) is 0 Å². The molecule has 3 rings (SSSR count). The summed E-state index contributed by atoms with van der Waals surface area (Å²) in [6.07, 6.45) is 2.26. The van der Waals surface area contributed by atoms with E-state index >= 15 is 0 Å². The van der Waals surface area contributed by atoms with Gasteiger partial charge in [0.25, 0.3) is 0 Å². The molecule has 5 heteroatoms. The molecule has 3 nitrogen and oxygen atoms in total. The quantitative estimate of drug-likeness (QED) is 0.888. The number of rotatable bonds is 4. The molecule has 1 aromatic carbocycles. The zero-order valence-corrected chi connectivity index (χ0v) is 14.0. The van der Waals surface area contributed by atoms with Gasteiger partial charge in [0, 0.05) is 21.6 Å². The van der Waals surface area contributed by atoms with Crippen molar-refractivity contribution < 1.29 is 4.79 Å². The van der Waals surface area contributed by atoms with E-state index in [2.05, 4.69) is 27.7 Å². The number of amides is 1. The van der Waals surface area contributed by atoms with Crippen LogP contribution in [-0.4, -0.2) is 23.4 Å². The Morgan fingerprint density at radius 2 is 2.14 bits per heavy atom. The highest BCUT2D eigenvalue weighted by molar-refractivity contribution is 7.10. The SMILES string of the molecule is C[C@@H](C(=O)Nc1ccc(Cl)cc1)N1CCC[C@@H]1c1cccs1. The first kappa shape index (κ1) is 15.5. The lowest BCUT2D eigenvalue weighted by Crippen LogP contribution is -2.41. The molecule has 1 aromatic heterocycles. The molecule has 2 heterocycles. The molecule has 0 unspecified atom stereocenters. The molecule has 1 saturated heterocycles. The van der Waals surface area contributed by atoms with Gasteiger partial charge in [0.2, 0.25) is 5.91 Å². The number of likely N-dealkylation sites (tertiary alicyclic amines) is 1. The number of nitrogens with one attached hydrogen (secondary N) is 1. The summed E-state index contributed by atoms with van der Waals surface area (Å²) in [4.78, 5) is 16.2. The zero-order valence-electron chi connectivity index (χ0n) is 12.5. The number of thiophene rings is 1. The maximum absolute atomic E-state index is 12.5. The van der Waals surface area contributed by atoms with Gasteiger partial charge in [0.05, 0.1) is 6.04 Å². The Morgan fingerprint density at radius 1 is 1.36 bits per heavy atom. The molecule has 116 valence electrons. The van der Waals surface area contributed by atoms with Crippen molar-refractivity contribution in [2.45, 2.75) is 31.8 Å². The fourth-order valence-electron chi connectivity index (χ4n) is 2.97. The molecule has 1 aliphatic heterocycles. The van der Waals surface area contributed by atoms with Crippen LogP contribution >= 0.6 is 22.9 Å². The molecule has 0 aliphatic carbocycles. The molecule has 0 bridgehead atoms. The molecule has 1 fully saturated rings. The summed E-state index contributed by atoms with van der Waals surface area (Å²) in [5.74, 6) is 0.0331. The fourth-order valence-corrected chi connectivity index (χ4v) is 3.98. The topological polar surface area (TPSA) is 32.3 Å². The average Bonchev–Trinajstić information content (AvgIpc) is 3.19. The highest BCUT2D eigenvalue weighted by Crippen LogP contribution is 2.36. The molecule has 2 aromatic rings. The van der Waals surface area contributed by atoms with E-state index in [1.54, 1.807) is 23.5 Å². The monoisotopic (exact) mass is 334 g/mol. The summed E-state index contributed by atoms with van der Waals surface area (Å²) in [6.45, 7) is 2.95. The third-order valence-electron chi connectivity index (χ3n) is 4.15. The minimum atomic E-state index is -0.148. The predicted molar refractivity (Wildman–Crippen MR) is 92.5 cm³/mol. The van der Waals surface area contributed by atoms with E-state index < -0.39 is 0 Å². The van der Waals surface area contributed by atoms with E-state index in [1.165, 1.54) is 4.88 Å². The highest BCUT2D eigenvalue weighted by atomic mass is 35.5. The van der Waals surface area contributed by atoms with Crippen molar-refractivity contribution >= 4 is 34.5 Å². The molecule has 1 amide bonds. The van der Waals surface area contributed by atoms with Crippen molar-refractivity contribution in [3.8, 4) is 0 Å². The lowest BCUT2D eigenvalue weighted by Gasteiger charge is -2.29. The van der Waals surface area contributed by atoms with Gasteiger partial charge in [-0.2, -0.15) is 0 Å². The smallest absolute Gasteiger partial charge is 0.241 e. The normalized spacial score (nSPS) is 20.0. The van der Waals surface area contributed by atoms with E-state index in [4.69, 9.17) is 11.6 Å². The summed E-state index contributed by atoms with van der Waals surface area (Å²) in [6, 6.07) is 11.7. The minimum Gasteiger partial charge on any atom is -0.325 e. The van der Waals surface area contributed by atoms with Crippen molar-refractivity contribution in [3.63, 3.8) is 0 Å². The largest absolute Gasteiger partial charge is 0.325 e. The predicted octanol–water partition coefficient (Wildman–Crippen LogP) is 4.57. The molecule has 0 saturated carbocycles. The number of anilines is 1. The lowest BCUT2D eigenvalue weighted by molar-refractivity contribution is -0.121. The number of carbonyl (C=O) groups is 1. The molecule has 22 heavy (non-hydrogen) atoms. The van der Waals surface area contributed by atoms with E-state index in [0.717, 1.165) is 25.1 Å². The summed E-state index contributed by atoms with van der Waals surface area (Å²) in [5, 5.41) is 5.75. The average molecular weight is 335 g/mol. The lowest BCUT2D eigenvalue weighted by atomic mass is 10.1. The van der Waals surface area contributed by atoms with Crippen LogP contribution in [0.2, 0.25) is 5.02 Å². The second-order valence-electron chi connectivity index (χ2n) is 5.58. The first-order chi connectivity index (χ1) is 10.6. The van der Waals surface area contributed by atoms with Crippen LogP contribution in [0.1, 0.15) is 30.7 Å². The maximum Gasteiger partial charge on any atom is 0.241 e. The summed E-state index contributed by atoms with van der Waals surface area (Å²) >= 11 is 7.64. The highest BCUT2D eigenvalue weighted by Gasteiger charge is 2.33. The molecular formula is C17H19ClN2OS. The summed E-state index contributed by atoms with van der Waals surface area (Å²) in [7, 11) is 0. The molecule has 2 atom stereocenters. The Bertz CT molecular complexity index is 627. The Balaban J connectivity index is 1.68. The van der Waals surface area contributed by atoms with E-state index in [-0.39, 0.29) is 11.9 Å². The van der Waals surface area contributed by atoms with Crippen LogP contribution in [0.5, 0.6) is 0 Å². The molecule has 0 spiro atoms. The van der Waals surface area contributed by atoms with Gasteiger partial charge in [-0.05, 0) is 62.0 Å². The third-order valence-corrected chi connectivity index (χ3v) is 5.38. The zero-order chi connectivity index (χ0) is 15.5. The number of benzene rings is 1. The molecular weight excluding hydrogens is 316 g/mol. The molecule has 0 radical (unpaired) electrons. The van der Waals surface area contributed by atoms with Crippen LogP contribution in [0.4, 0.5) is 5.69 Å². The summed E-state index contributed by atoms with van der Waals surface area (Å²) < 4.78 is 0. The van der Waals surface area contributed by atoms with Crippen LogP contribution in [0.25, 0.3) is 0 Å². The first-order valence-electron chi connectivity index (χ1n) is 7.51. The van der Waals surface area contributed by atoms with E-state index in [9.17, 15) is 4.79 Å². The standard InChI is InChI=1S/C17H19ClN2OS/c1-12(17(21)19-14-8-6-13(18)7-9-14)20-10-2-4-15(20)16-5-3-11-22-16/h3,5-9,11-12,15H,2,4,10H2,1H3,(H,19,21)/t12-,15+/m0/s1. The van der Waals surface area contributed by atoms with Crippen LogP contribution in [0.15, 0.2) is 41.8 Å². The van der Waals surface area contributed by atoms with Gasteiger partial charge in [0.15, 0.2) is 0 Å². The Kier molecular flexibility index (Phi) is 4.81. The Morgan fingerprint density at radius 3 is 2.82 bits per heavy atom. The van der Waals surface area contributed by atoms with Crippen molar-refractivity contribution in [2.75, 3.05) is 11.9 Å². The molecule has 1 N–H and O–H groups in total. The fraction of sp³-hybridized carbons (Fsp3) is 0.353. The van der Waals surface area contributed by atoms with Gasteiger partial charge in [-0.15, -0.1) is 11.3 Å². The van der Waals surface area contributed by atoms with Gasteiger partial charge in [-0.25, -0.2) is 0 Å². The van der Waals surface area contributed by atoms with E-state index in [1.807, 2.05) is 19.1 Å². The van der Waals surface area contributed by atoms with Crippen LogP contribution < -0.4 is 5.32 Å².